The van der Waals surface area contributed by atoms with Crippen LogP contribution in [0.2, 0.25) is 0 Å². The van der Waals surface area contributed by atoms with Gasteiger partial charge in [-0.15, -0.1) is 0 Å². The van der Waals surface area contributed by atoms with E-state index in [0.29, 0.717) is 5.56 Å². The lowest BCUT2D eigenvalue weighted by molar-refractivity contribution is 0.883. The van der Waals surface area contributed by atoms with Crippen LogP contribution >= 0.6 is 15.9 Å². The van der Waals surface area contributed by atoms with Crippen LogP contribution < -0.4 is 5.32 Å². The molecule has 0 amide bonds. The average molecular weight is 329 g/mol. The second kappa shape index (κ2) is 6.11. The molecule has 20 heavy (non-hydrogen) atoms. The molecule has 0 aliphatic heterocycles. The van der Waals surface area contributed by atoms with Crippen molar-refractivity contribution in [2.45, 2.75) is 26.8 Å². The molecule has 1 N–H and O–H groups in total. The number of halogens is 1. The number of hydrogen-bond donors (Lipinski definition) is 1. The van der Waals surface area contributed by atoms with Gasteiger partial charge in [0.2, 0.25) is 0 Å². The van der Waals surface area contributed by atoms with Crippen molar-refractivity contribution in [2.24, 2.45) is 0 Å². The number of nitrogens with one attached hydrogen (secondary N) is 1. The number of nitriles is 1. The fraction of sp³-hybridized carbons (Fsp3) is 0.235. The Kier molecular flexibility index (Phi) is 4.46. The summed E-state index contributed by atoms with van der Waals surface area (Å²) in [7, 11) is 0. The molecule has 0 aliphatic rings. The Balaban J connectivity index is 2.19. The van der Waals surface area contributed by atoms with Gasteiger partial charge in [-0.25, -0.2) is 0 Å². The van der Waals surface area contributed by atoms with Crippen LogP contribution in [-0.4, -0.2) is 0 Å². The van der Waals surface area contributed by atoms with Crippen molar-refractivity contribution >= 4 is 21.6 Å². The van der Waals surface area contributed by atoms with Crippen LogP contribution in [0.5, 0.6) is 0 Å². The van der Waals surface area contributed by atoms with Gasteiger partial charge in [0.1, 0.15) is 0 Å². The van der Waals surface area contributed by atoms with E-state index in [-0.39, 0.29) is 6.04 Å². The van der Waals surface area contributed by atoms with Crippen LogP contribution in [0.1, 0.15) is 35.2 Å². The number of nitrogens with zero attached hydrogens (tertiary/aromatic N) is 1. The van der Waals surface area contributed by atoms with Gasteiger partial charge in [-0.2, -0.15) is 5.26 Å². The topological polar surface area (TPSA) is 35.8 Å². The van der Waals surface area contributed by atoms with Gasteiger partial charge in [0.15, 0.2) is 0 Å². The van der Waals surface area contributed by atoms with E-state index in [0.717, 1.165) is 10.2 Å². The molecule has 0 heterocycles. The molecule has 2 rings (SSSR count). The van der Waals surface area contributed by atoms with Crippen molar-refractivity contribution in [3.05, 3.63) is 63.1 Å². The zero-order chi connectivity index (χ0) is 14.7. The Hall–Kier alpha value is -1.79. The molecule has 2 aromatic rings. The highest BCUT2D eigenvalue weighted by atomic mass is 79.9. The molecule has 0 saturated heterocycles. The third-order valence-electron chi connectivity index (χ3n) is 3.36. The SMILES string of the molecule is Cc1cc(NC(C)c2ccc(C#N)cc2)cc(C)c1Br. The van der Waals surface area contributed by atoms with Crippen LogP contribution in [0.25, 0.3) is 0 Å². The van der Waals surface area contributed by atoms with Gasteiger partial charge < -0.3 is 5.32 Å². The Morgan fingerprint density at radius 2 is 1.65 bits per heavy atom. The summed E-state index contributed by atoms with van der Waals surface area (Å²) in [5.74, 6) is 0. The van der Waals surface area contributed by atoms with E-state index in [1.165, 1.54) is 16.7 Å². The molecule has 0 aliphatic carbocycles. The smallest absolute Gasteiger partial charge is 0.0991 e. The van der Waals surface area contributed by atoms with E-state index in [1.54, 1.807) is 0 Å². The lowest BCUT2D eigenvalue weighted by Crippen LogP contribution is -2.07. The monoisotopic (exact) mass is 328 g/mol. The predicted octanol–water partition coefficient (Wildman–Crippen LogP) is 5.11. The summed E-state index contributed by atoms with van der Waals surface area (Å²) < 4.78 is 1.16. The molecule has 1 unspecified atom stereocenters. The predicted molar refractivity (Wildman–Crippen MR) is 86.8 cm³/mol. The third-order valence-corrected chi connectivity index (χ3v) is 4.61. The first-order valence-electron chi connectivity index (χ1n) is 6.54. The van der Waals surface area contributed by atoms with Gasteiger partial charge in [-0.3, -0.25) is 0 Å². The third kappa shape index (κ3) is 3.20. The maximum atomic E-state index is 8.82. The molecule has 0 spiro atoms. The van der Waals surface area contributed by atoms with Crippen LogP contribution in [0.15, 0.2) is 40.9 Å². The molecule has 1 atom stereocenters. The molecule has 0 radical (unpaired) electrons. The van der Waals surface area contributed by atoms with E-state index in [1.807, 2.05) is 24.3 Å². The van der Waals surface area contributed by atoms with Crippen LogP contribution in [0.3, 0.4) is 0 Å². The van der Waals surface area contributed by atoms with Crippen molar-refractivity contribution < 1.29 is 0 Å². The van der Waals surface area contributed by atoms with Crippen LogP contribution in [0.4, 0.5) is 5.69 Å². The van der Waals surface area contributed by atoms with Gasteiger partial charge >= 0.3 is 0 Å². The molecule has 0 saturated carbocycles. The molecule has 2 aromatic carbocycles. The molecule has 3 heteroatoms. The first-order chi connectivity index (χ1) is 9.51. The molecule has 2 nitrogen and oxygen atoms in total. The van der Waals surface area contributed by atoms with Crippen molar-refractivity contribution in [1.29, 1.82) is 5.26 Å². The summed E-state index contributed by atoms with van der Waals surface area (Å²) in [6.07, 6.45) is 0. The maximum absolute atomic E-state index is 8.82. The summed E-state index contributed by atoms with van der Waals surface area (Å²) in [4.78, 5) is 0. The fourth-order valence-corrected chi connectivity index (χ4v) is 2.44. The lowest BCUT2D eigenvalue weighted by atomic mass is 10.1. The summed E-state index contributed by atoms with van der Waals surface area (Å²) >= 11 is 3.58. The highest BCUT2D eigenvalue weighted by Crippen LogP contribution is 2.27. The Morgan fingerprint density at radius 1 is 1.10 bits per heavy atom. The summed E-state index contributed by atoms with van der Waals surface area (Å²) in [6.45, 7) is 6.30. The largest absolute Gasteiger partial charge is 0.379 e. The second-order valence-electron chi connectivity index (χ2n) is 5.02. The molecular formula is C17H17BrN2. The molecule has 0 bridgehead atoms. The first kappa shape index (κ1) is 14.6. The summed E-state index contributed by atoms with van der Waals surface area (Å²) in [6, 6.07) is 14.3. The second-order valence-corrected chi connectivity index (χ2v) is 5.82. The molecule has 0 fully saturated rings. The quantitative estimate of drug-likeness (QED) is 0.849. The minimum Gasteiger partial charge on any atom is -0.379 e. The number of aryl methyl sites for hydroxylation is 2. The zero-order valence-electron chi connectivity index (χ0n) is 11.9. The Morgan fingerprint density at radius 3 is 2.15 bits per heavy atom. The standard InChI is InChI=1S/C17H17BrN2/c1-11-8-16(9-12(2)17(11)18)20-13(3)15-6-4-14(10-19)5-7-15/h4-9,13,20H,1-3H3. The minimum absolute atomic E-state index is 0.197. The number of rotatable bonds is 3. The highest BCUT2D eigenvalue weighted by molar-refractivity contribution is 9.10. The van der Waals surface area contributed by atoms with Crippen molar-refractivity contribution in [1.82, 2.24) is 0 Å². The van der Waals surface area contributed by atoms with Gasteiger partial charge in [0.05, 0.1) is 11.6 Å². The van der Waals surface area contributed by atoms with Crippen molar-refractivity contribution in [2.75, 3.05) is 5.32 Å². The number of hydrogen-bond acceptors (Lipinski definition) is 2. The maximum Gasteiger partial charge on any atom is 0.0991 e. The van der Waals surface area contributed by atoms with E-state index < -0.39 is 0 Å². The van der Waals surface area contributed by atoms with Crippen molar-refractivity contribution in [3.8, 4) is 6.07 Å². The number of anilines is 1. The average Bonchev–Trinajstić information content (AvgIpc) is 2.44. The minimum atomic E-state index is 0.197. The van der Waals surface area contributed by atoms with Gasteiger partial charge in [0.25, 0.3) is 0 Å². The Bertz CT molecular complexity index is 631. The molecule has 0 aromatic heterocycles. The zero-order valence-corrected chi connectivity index (χ0v) is 13.5. The molecule has 102 valence electrons. The Labute approximate surface area is 128 Å². The van der Waals surface area contributed by atoms with Crippen LogP contribution in [-0.2, 0) is 0 Å². The summed E-state index contributed by atoms with van der Waals surface area (Å²) in [5, 5.41) is 12.3. The normalized spacial score (nSPS) is 11.8. The lowest BCUT2D eigenvalue weighted by Gasteiger charge is -2.17. The van der Waals surface area contributed by atoms with E-state index >= 15 is 0 Å². The van der Waals surface area contributed by atoms with Crippen molar-refractivity contribution in [3.63, 3.8) is 0 Å². The van der Waals surface area contributed by atoms with Gasteiger partial charge in [-0.05, 0) is 61.7 Å². The summed E-state index contributed by atoms with van der Waals surface area (Å²) in [5.41, 5.74) is 5.41. The first-order valence-corrected chi connectivity index (χ1v) is 7.34. The van der Waals surface area contributed by atoms with E-state index in [9.17, 15) is 0 Å². The fourth-order valence-electron chi connectivity index (χ4n) is 2.21. The highest BCUT2D eigenvalue weighted by Gasteiger charge is 2.07. The van der Waals surface area contributed by atoms with E-state index in [2.05, 4.69) is 60.2 Å². The van der Waals surface area contributed by atoms with Gasteiger partial charge in [0, 0.05) is 16.2 Å². The number of benzene rings is 2. The molecular weight excluding hydrogens is 312 g/mol. The van der Waals surface area contributed by atoms with E-state index in [4.69, 9.17) is 5.26 Å². The van der Waals surface area contributed by atoms with Crippen LogP contribution in [0, 0.1) is 25.2 Å². The van der Waals surface area contributed by atoms with Gasteiger partial charge in [-0.1, -0.05) is 28.1 Å².